The SMILES string of the molecule is CCCC1CCC(NC(C)c2cc(Cl)ccc2Cl)CC1. The summed E-state index contributed by atoms with van der Waals surface area (Å²) < 4.78 is 0. The molecule has 0 radical (unpaired) electrons. The van der Waals surface area contributed by atoms with Gasteiger partial charge in [-0.3, -0.25) is 0 Å². The van der Waals surface area contributed by atoms with Crippen molar-refractivity contribution < 1.29 is 0 Å². The van der Waals surface area contributed by atoms with Crippen LogP contribution in [0.3, 0.4) is 0 Å². The first kappa shape index (κ1) is 16.1. The zero-order valence-electron chi connectivity index (χ0n) is 12.5. The van der Waals surface area contributed by atoms with Gasteiger partial charge in [-0.2, -0.15) is 0 Å². The third kappa shape index (κ3) is 4.38. The van der Waals surface area contributed by atoms with E-state index in [9.17, 15) is 0 Å². The Morgan fingerprint density at radius 2 is 1.90 bits per heavy atom. The van der Waals surface area contributed by atoms with Crippen LogP contribution in [-0.2, 0) is 0 Å². The molecular weight excluding hydrogens is 289 g/mol. The topological polar surface area (TPSA) is 12.0 Å². The van der Waals surface area contributed by atoms with Gasteiger partial charge in [-0.15, -0.1) is 0 Å². The summed E-state index contributed by atoms with van der Waals surface area (Å²) in [5.41, 5.74) is 1.11. The van der Waals surface area contributed by atoms with E-state index in [1.54, 1.807) is 0 Å². The molecule has 0 spiro atoms. The third-order valence-corrected chi connectivity index (χ3v) is 5.03. The zero-order chi connectivity index (χ0) is 14.5. The Morgan fingerprint density at radius 3 is 2.55 bits per heavy atom. The van der Waals surface area contributed by atoms with Gasteiger partial charge in [-0.25, -0.2) is 0 Å². The average molecular weight is 314 g/mol. The van der Waals surface area contributed by atoms with E-state index in [0.29, 0.717) is 6.04 Å². The molecular formula is C17H25Cl2N. The largest absolute Gasteiger partial charge is 0.307 e. The molecule has 1 N–H and O–H groups in total. The van der Waals surface area contributed by atoms with Gasteiger partial charge in [0, 0.05) is 22.1 Å². The molecule has 0 heterocycles. The first-order valence-electron chi connectivity index (χ1n) is 7.81. The molecule has 0 amide bonds. The molecule has 2 rings (SSSR count). The van der Waals surface area contributed by atoms with Crippen molar-refractivity contribution in [1.29, 1.82) is 0 Å². The monoisotopic (exact) mass is 313 g/mol. The van der Waals surface area contributed by atoms with Crippen molar-refractivity contribution in [1.82, 2.24) is 5.32 Å². The van der Waals surface area contributed by atoms with Crippen molar-refractivity contribution >= 4 is 23.2 Å². The van der Waals surface area contributed by atoms with Gasteiger partial charge < -0.3 is 5.32 Å². The van der Waals surface area contributed by atoms with Crippen LogP contribution in [0, 0.1) is 5.92 Å². The van der Waals surface area contributed by atoms with Crippen molar-refractivity contribution in [2.24, 2.45) is 5.92 Å². The quantitative estimate of drug-likeness (QED) is 0.702. The Labute approximate surface area is 133 Å². The summed E-state index contributed by atoms with van der Waals surface area (Å²) in [5, 5.41) is 5.28. The van der Waals surface area contributed by atoms with Gasteiger partial charge in [0.15, 0.2) is 0 Å². The second-order valence-corrected chi connectivity index (χ2v) is 6.90. The molecule has 1 saturated carbocycles. The summed E-state index contributed by atoms with van der Waals surface area (Å²) in [6.45, 7) is 4.46. The highest BCUT2D eigenvalue weighted by Crippen LogP contribution is 2.31. The first-order chi connectivity index (χ1) is 9.60. The summed E-state index contributed by atoms with van der Waals surface area (Å²) in [5.74, 6) is 0.947. The molecule has 0 aromatic heterocycles. The number of halogens is 2. The number of nitrogens with one attached hydrogen (secondary N) is 1. The minimum Gasteiger partial charge on any atom is -0.307 e. The minimum absolute atomic E-state index is 0.258. The van der Waals surface area contributed by atoms with E-state index in [-0.39, 0.29) is 6.04 Å². The molecule has 3 heteroatoms. The molecule has 1 aromatic carbocycles. The molecule has 1 unspecified atom stereocenters. The highest BCUT2D eigenvalue weighted by atomic mass is 35.5. The molecule has 1 fully saturated rings. The summed E-state index contributed by atoms with van der Waals surface area (Å²) in [4.78, 5) is 0. The van der Waals surface area contributed by atoms with Crippen LogP contribution < -0.4 is 5.32 Å². The van der Waals surface area contributed by atoms with Crippen LogP contribution in [-0.4, -0.2) is 6.04 Å². The Hall–Kier alpha value is -0.240. The highest BCUT2D eigenvalue weighted by molar-refractivity contribution is 6.33. The molecule has 0 saturated heterocycles. The van der Waals surface area contributed by atoms with Crippen LogP contribution in [0.1, 0.15) is 64.0 Å². The maximum atomic E-state index is 6.27. The predicted molar refractivity (Wildman–Crippen MR) is 88.7 cm³/mol. The second-order valence-electron chi connectivity index (χ2n) is 6.06. The van der Waals surface area contributed by atoms with Crippen molar-refractivity contribution in [3.8, 4) is 0 Å². The van der Waals surface area contributed by atoms with E-state index >= 15 is 0 Å². The molecule has 0 bridgehead atoms. The number of hydrogen-bond acceptors (Lipinski definition) is 1. The maximum absolute atomic E-state index is 6.27. The Bertz CT molecular complexity index is 425. The molecule has 0 aliphatic heterocycles. The van der Waals surface area contributed by atoms with E-state index in [1.165, 1.54) is 38.5 Å². The summed E-state index contributed by atoms with van der Waals surface area (Å²) in [6, 6.07) is 6.58. The minimum atomic E-state index is 0.258. The standard InChI is InChI=1S/C17H25Cl2N/c1-3-4-13-5-8-15(9-6-13)20-12(2)16-11-14(18)7-10-17(16)19/h7,10-13,15,20H,3-6,8-9H2,1-2H3. The Kier molecular flexibility index (Phi) is 6.20. The van der Waals surface area contributed by atoms with Crippen LogP contribution in [0.2, 0.25) is 10.0 Å². The van der Waals surface area contributed by atoms with Crippen LogP contribution >= 0.6 is 23.2 Å². The Balaban J connectivity index is 1.89. The third-order valence-electron chi connectivity index (χ3n) is 4.45. The predicted octanol–water partition coefficient (Wildman–Crippen LogP) is 6.00. The fourth-order valence-corrected chi connectivity index (χ4v) is 3.78. The lowest BCUT2D eigenvalue weighted by Gasteiger charge is -2.31. The van der Waals surface area contributed by atoms with E-state index in [2.05, 4.69) is 19.2 Å². The summed E-state index contributed by atoms with van der Waals surface area (Å²) >= 11 is 12.3. The van der Waals surface area contributed by atoms with Crippen molar-refractivity contribution in [2.75, 3.05) is 0 Å². The number of rotatable bonds is 5. The molecule has 112 valence electrons. The normalized spacial score (nSPS) is 24.6. The van der Waals surface area contributed by atoms with Gasteiger partial charge in [-0.1, -0.05) is 43.0 Å². The smallest absolute Gasteiger partial charge is 0.0454 e. The number of benzene rings is 1. The van der Waals surface area contributed by atoms with Crippen molar-refractivity contribution in [2.45, 2.75) is 64.5 Å². The average Bonchev–Trinajstić information content (AvgIpc) is 2.44. The van der Waals surface area contributed by atoms with Gasteiger partial charge in [0.1, 0.15) is 0 Å². The fraction of sp³-hybridized carbons (Fsp3) is 0.647. The molecule has 1 nitrogen and oxygen atoms in total. The lowest BCUT2D eigenvalue weighted by atomic mass is 9.83. The van der Waals surface area contributed by atoms with E-state index in [0.717, 1.165) is 21.5 Å². The summed E-state index contributed by atoms with van der Waals surface area (Å²) in [6.07, 6.45) is 8.00. The summed E-state index contributed by atoms with van der Waals surface area (Å²) in [7, 11) is 0. The molecule has 20 heavy (non-hydrogen) atoms. The number of hydrogen-bond donors (Lipinski definition) is 1. The first-order valence-corrected chi connectivity index (χ1v) is 8.56. The molecule has 1 aromatic rings. The van der Waals surface area contributed by atoms with Crippen LogP contribution in [0.15, 0.2) is 18.2 Å². The second kappa shape index (κ2) is 7.68. The lowest BCUT2D eigenvalue weighted by molar-refractivity contribution is 0.266. The van der Waals surface area contributed by atoms with Gasteiger partial charge in [0.25, 0.3) is 0 Å². The van der Waals surface area contributed by atoms with E-state index in [1.807, 2.05) is 18.2 Å². The van der Waals surface area contributed by atoms with Gasteiger partial charge >= 0.3 is 0 Å². The highest BCUT2D eigenvalue weighted by Gasteiger charge is 2.22. The van der Waals surface area contributed by atoms with Gasteiger partial charge in [0.05, 0.1) is 0 Å². The van der Waals surface area contributed by atoms with Crippen molar-refractivity contribution in [3.05, 3.63) is 33.8 Å². The fourth-order valence-electron chi connectivity index (χ4n) is 3.32. The van der Waals surface area contributed by atoms with Crippen LogP contribution in [0.5, 0.6) is 0 Å². The zero-order valence-corrected chi connectivity index (χ0v) is 14.0. The van der Waals surface area contributed by atoms with E-state index < -0.39 is 0 Å². The van der Waals surface area contributed by atoms with Gasteiger partial charge in [0.2, 0.25) is 0 Å². The van der Waals surface area contributed by atoms with Crippen LogP contribution in [0.4, 0.5) is 0 Å². The molecule has 1 atom stereocenters. The maximum Gasteiger partial charge on any atom is 0.0454 e. The Morgan fingerprint density at radius 1 is 1.20 bits per heavy atom. The van der Waals surface area contributed by atoms with Crippen molar-refractivity contribution in [3.63, 3.8) is 0 Å². The molecule has 1 aliphatic carbocycles. The van der Waals surface area contributed by atoms with Gasteiger partial charge in [-0.05, 0) is 62.3 Å². The van der Waals surface area contributed by atoms with Crippen LogP contribution in [0.25, 0.3) is 0 Å². The van der Waals surface area contributed by atoms with E-state index in [4.69, 9.17) is 23.2 Å². The molecule has 1 aliphatic rings. The lowest BCUT2D eigenvalue weighted by Crippen LogP contribution is -2.35.